The molecule has 2 atom stereocenters. The summed E-state index contributed by atoms with van der Waals surface area (Å²) in [5.41, 5.74) is 1.52. The molecule has 7 heteroatoms. The first-order valence-electron chi connectivity index (χ1n) is 10.3. The first-order chi connectivity index (χ1) is 15.2. The van der Waals surface area contributed by atoms with Gasteiger partial charge in [-0.15, -0.1) is 0 Å². The molecular weight excluding hydrogens is 410 g/mol. The van der Waals surface area contributed by atoms with Gasteiger partial charge in [-0.25, -0.2) is 9.59 Å². The van der Waals surface area contributed by atoms with E-state index in [1.165, 1.54) is 0 Å². The zero-order valence-corrected chi connectivity index (χ0v) is 18.7. The number of hydrogen-bond donors (Lipinski definition) is 3. The molecule has 0 saturated heterocycles. The summed E-state index contributed by atoms with van der Waals surface area (Å²) in [6, 6.07) is 20.3. The maximum Gasteiger partial charge on any atom is 0.328 e. The van der Waals surface area contributed by atoms with Gasteiger partial charge in [-0.3, -0.25) is 4.79 Å². The number of hydrogen-bond acceptors (Lipinski definition) is 5. The molecule has 0 spiro atoms. The molecule has 0 saturated carbocycles. The molecule has 32 heavy (non-hydrogen) atoms. The zero-order valence-electron chi connectivity index (χ0n) is 18.7. The molecule has 3 N–H and O–H groups in total. The smallest absolute Gasteiger partial charge is 0.328 e. The number of rotatable bonds is 10. The summed E-state index contributed by atoms with van der Waals surface area (Å²) in [6.07, 6.45) is 2.15. The lowest BCUT2D eigenvalue weighted by Gasteiger charge is -2.39. The average Bonchev–Trinajstić information content (AvgIpc) is 2.79. The summed E-state index contributed by atoms with van der Waals surface area (Å²) in [5, 5.41) is 18.9. The fourth-order valence-corrected chi connectivity index (χ4v) is 3.26. The van der Waals surface area contributed by atoms with Crippen molar-refractivity contribution in [3.8, 4) is 0 Å². The fraction of sp³-hybridized carbons (Fsp3) is 0.320. The minimum Gasteiger partial charge on any atom is -0.478 e. The number of carbonyl (C=O) groups is 3. The second kappa shape index (κ2) is 13.8. The van der Waals surface area contributed by atoms with Crippen molar-refractivity contribution in [3.63, 3.8) is 0 Å². The molecule has 2 unspecified atom stereocenters. The molecule has 2 aromatic carbocycles. The lowest BCUT2D eigenvalue weighted by molar-refractivity contribution is -0.167. The van der Waals surface area contributed by atoms with E-state index in [0.717, 1.165) is 17.7 Å². The summed E-state index contributed by atoms with van der Waals surface area (Å²) in [4.78, 5) is 31.4. The number of benzene rings is 2. The molecule has 172 valence electrons. The van der Waals surface area contributed by atoms with E-state index in [9.17, 15) is 14.4 Å². The van der Waals surface area contributed by atoms with Gasteiger partial charge in [0.05, 0.1) is 0 Å². The van der Waals surface area contributed by atoms with E-state index in [-0.39, 0.29) is 11.9 Å². The van der Waals surface area contributed by atoms with Crippen molar-refractivity contribution in [2.45, 2.75) is 32.3 Å². The third-order valence-electron chi connectivity index (χ3n) is 4.83. The molecule has 0 fully saturated rings. The van der Waals surface area contributed by atoms with E-state index in [2.05, 4.69) is 36.5 Å². The standard InChI is InChI=1S/C21H27NO2.C4H4O4/c1-4-20(23)24-21(17(2)16-22-3,19-13-9-6-10-14-19)15-18-11-7-5-8-12-18;5-3(6)1-2-4(7)8/h5-14,17,22H,4,15-16H2,1-3H3;1-2H,(H,5,6)(H,7,8). The maximum absolute atomic E-state index is 12.3. The fourth-order valence-electron chi connectivity index (χ4n) is 3.26. The lowest BCUT2D eigenvalue weighted by Crippen LogP contribution is -2.44. The number of esters is 1. The van der Waals surface area contributed by atoms with Gasteiger partial charge in [0.25, 0.3) is 0 Å². The van der Waals surface area contributed by atoms with Crippen molar-refractivity contribution >= 4 is 17.9 Å². The van der Waals surface area contributed by atoms with Gasteiger partial charge in [-0.1, -0.05) is 74.5 Å². The Morgan fingerprint density at radius 2 is 1.47 bits per heavy atom. The number of carboxylic acid groups (broad SMARTS) is 2. The van der Waals surface area contributed by atoms with Crippen LogP contribution in [-0.2, 0) is 31.1 Å². The Kier molecular flexibility index (Phi) is 11.4. The van der Waals surface area contributed by atoms with Crippen molar-refractivity contribution in [2.24, 2.45) is 5.92 Å². The highest BCUT2D eigenvalue weighted by Gasteiger charge is 2.41. The van der Waals surface area contributed by atoms with Gasteiger partial charge in [-0.2, -0.15) is 0 Å². The van der Waals surface area contributed by atoms with Crippen molar-refractivity contribution in [2.75, 3.05) is 13.6 Å². The number of ether oxygens (including phenoxy) is 1. The quantitative estimate of drug-likeness (QED) is 0.381. The van der Waals surface area contributed by atoms with Crippen molar-refractivity contribution < 1.29 is 29.3 Å². The molecule has 0 amide bonds. The highest BCUT2D eigenvalue weighted by Crippen LogP contribution is 2.37. The van der Waals surface area contributed by atoms with E-state index in [1.807, 2.05) is 50.4 Å². The van der Waals surface area contributed by atoms with Gasteiger partial charge in [0.1, 0.15) is 5.60 Å². The van der Waals surface area contributed by atoms with Crippen molar-refractivity contribution in [1.82, 2.24) is 5.32 Å². The normalized spacial score (nSPS) is 13.3. The Labute approximate surface area is 188 Å². The Bertz CT molecular complexity index is 866. The minimum absolute atomic E-state index is 0.126. The van der Waals surface area contributed by atoms with Crippen LogP contribution in [0.5, 0.6) is 0 Å². The Morgan fingerprint density at radius 3 is 1.91 bits per heavy atom. The van der Waals surface area contributed by atoms with Gasteiger partial charge in [0.2, 0.25) is 0 Å². The lowest BCUT2D eigenvalue weighted by atomic mass is 9.77. The van der Waals surface area contributed by atoms with Gasteiger partial charge in [0, 0.05) is 37.5 Å². The maximum atomic E-state index is 12.3. The highest BCUT2D eigenvalue weighted by atomic mass is 16.6. The summed E-state index contributed by atoms with van der Waals surface area (Å²) in [7, 11) is 1.93. The van der Waals surface area contributed by atoms with E-state index in [1.54, 1.807) is 0 Å². The summed E-state index contributed by atoms with van der Waals surface area (Å²) >= 11 is 0. The molecule has 0 radical (unpaired) electrons. The molecular formula is C25H31NO6. The third kappa shape index (κ3) is 8.73. The summed E-state index contributed by atoms with van der Waals surface area (Å²) in [6.45, 7) is 4.73. The predicted molar refractivity (Wildman–Crippen MR) is 122 cm³/mol. The van der Waals surface area contributed by atoms with Crippen LogP contribution in [0.4, 0.5) is 0 Å². The number of carbonyl (C=O) groups excluding carboxylic acids is 1. The molecule has 0 aliphatic carbocycles. The van der Waals surface area contributed by atoms with Gasteiger partial charge in [-0.05, 0) is 18.2 Å². The summed E-state index contributed by atoms with van der Waals surface area (Å²) in [5.74, 6) is -2.56. The van der Waals surface area contributed by atoms with Gasteiger partial charge < -0.3 is 20.3 Å². The van der Waals surface area contributed by atoms with Crippen LogP contribution in [0.1, 0.15) is 31.4 Å². The van der Waals surface area contributed by atoms with Crippen molar-refractivity contribution in [3.05, 3.63) is 83.9 Å². The molecule has 2 aromatic rings. The first kappa shape index (κ1) is 26.6. The van der Waals surface area contributed by atoms with Gasteiger partial charge in [0.15, 0.2) is 0 Å². The van der Waals surface area contributed by atoms with Crippen LogP contribution in [-0.4, -0.2) is 41.7 Å². The zero-order chi connectivity index (χ0) is 24.0. The van der Waals surface area contributed by atoms with Crippen LogP contribution in [0, 0.1) is 5.92 Å². The van der Waals surface area contributed by atoms with E-state index >= 15 is 0 Å². The van der Waals surface area contributed by atoms with Crippen molar-refractivity contribution in [1.29, 1.82) is 0 Å². The molecule has 0 aliphatic heterocycles. The molecule has 0 aromatic heterocycles. The largest absolute Gasteiger partial charge is 0.478 e. The monoisotopic (exact) mass is 441 g/mol. The van der Waals surface area contributed by atoms with Crippen LogP contribution in [0.2, 0.25) is 0 Å². The second-order valence-corrected chi connectivity index (χ2v) is 7.21. The average molecular weight is 442 g/mol. The Hall–Kier alpha value is -3.45. The predicted octanol–water partition coefficient (Wildman–Crippen LogP) is 3.65. The van der Waals surface area contributed by atoms with Crippen LogP contribution >= 0.6 is 0 Å². The summed E-state index contributed by atoms with van der Waals surface area (Å²) < 4.78 is 6.11. The Balaban J connectivity index is 0.000000547. The van der Waals surface area contributed by atoms with Crippen LogP contribution in [0.25, 0.3) is 0 Å². The van der Waals surface area contributed by atoms with Gasteiger partial charge >= 0.3 is 17.9 Å². The number of nitrogens with one attached hydrogen (secondary N) is 1. The molecule has 7 nitrogen and oxygen atoms in total. The van der Waals surface area contributed by atoms with Crippen LogP contribution in [0.15, 0.2) is 72.8 Å². The van der Waals surface area contributed by atoms with E-state index in [4.69, 9.17) is 14.9 Å². The van der Waals surface area contributed by atoms with Crippen LogP contribution < -0.4 is 5.32 Å². The minimum atomic E-state index is -1.26. The Morgan fingerprint density at radius 1 is 0.969 bits per heavy atom. The topological polar surface area (TPSA) is 113 Å². The third-order valence-corrected chi connectivity index (χ3v) is 4.83. The molecule has 0 heterocycles. The number of carboxylic acids is 2. The van der Waals surface area contributed by atoms with E-state index in [0.29, 0.717) is 25.0 Å². The SMILES string of the molecule is CCC(=O)OC(Cc1ccccc1)(c1ccccc1)C(C)CNC.O=C(O)C=CC(=O)O. The molecule has 0 aliphatic rings. The highest BCUT2D eigenvalue weighted by molar-refractivity contribution is 5.89. The number of aliphatic carboxylic acids is 2. The first-order valence-corrected chi connectivity index (χ1v) is 10.3. The van der Waals surface area contributed by atoms with Crippen LogP contribution in [0.3, 0.4) is 0 Å². The second-order valence-electron chi connectivity index (χ2n) is 7.21. The molecule has 0 bridgehead atoms. The molecule has 2 rings (SSSR count). The van der Waals surface area contributed by atoms with E-state index < -0.39 is 17.5 Å².